The van der Waals surface area contributed by atoms with Gasteiger partial charge in [0.2, 0.25) is 5.95 Å². The maximum Gasteiger partial charge on any atom is 0.228 e. The largest absolute Gasteiger partial charge is 0.508 e. The summed E-state index contributed by atoms with van der Waals surface area (Å²) in [6.45, 7) is 2.73. The maximum absolute atomic E-state index is 9.95. The smallest absolute Gasteiger partial charge is 0.228 e. The summed E-state index contributed by atoms with van der Waals surface area (Å²) in [5.41, 5.74) is 2.38. The molecule has 2 N–H and O–H groups in total. The first-order valence-electron chi connectivity index (χ1n) is 10.8. The van der Waals surface area contributed by atoms with E-state index in [1.54, 1.807) is 18.2 Å². The lowest BCUT2D eigenvalue weighted by Crippen LogP contribution is -2.37. The first-order chi connectivity index (χ1) is 16.2. The van der Waals surface area contributed by atoms with Crippen LogP contribution < -0.4 is 15.0 Å². The van der Waals surface area contributed by atoms with E-state index in [1.165, 1.54) is 0 Å². The fraction of sp³-hybridized carbons (Fsp3) is 0.154. The highest BCUT2D eigenvalue weighted by Gasteiger charge is 2.17. The predicted molar refractivity (Wildman–Crippen MR) is 128 cm³/mol. The molecule has 5 rings (SSSR count). The van der Waals surface area contributed by atoms with Crippen LogP contribution in [0.25, 0.3) is 11.3 Å². The molecule has 0 radical (unpaired) electrons. The first kappa shape index (κ1) is 20.8. The molecule has 0 unspecified atom stereocenters. The van der Waals surface area contributed by atoms with Gasteiger partial charge in [0.05, 0.1) is 18.9 Å². The summed E-state index contributed by atoms with van der Waals surface area (Å²) >= 11 is 0. The van der Waals surface area contributed by atoms with Crippen LogP contribution in [0.3, 0.4) is 0 Å². The van der Waals surface area contributed by atoms with E-state index in [9.17, 15) is 5.11 Å². The SMILES string of the molecule is Oc1cccc(-c2cc(Nc3cccc(Oc4ccccc4)c3)nc(N3CCOCC3)n2)c1. The van der Waals surface area contributed by atoms with Crippen molar-refractivity contribution in [2.45, 2.75) is 0 Å². The van der Waals surface area contributed by atoms with Crippen molar-refractivity contribution in [1.82, 2.24) is 9.97 Å². The van der Waals surface area contributed by atoms with Crippen LogP contribution in [-0.2, 0) is 4.74 Å². The zero-order chi connectivity index (χ0) is 22.5. The number of rotatable bonds is 6. The number of morpholine rings is 1. The third-order valence-corrected chi connectivity index (χ3v) is 5.24. The Hall–Kier alpha value is -4.10. The van der Waals surface area contributed by atoms with Crippen molar-refractivity contribution in [2.24, 2.45) is 0 Å². The quantitative estimate of drug-likeness (QED) is 0.425. The van der Waals surface area contributed by atoms with Gasteiger partial charge in [-0.25, -0.2) is 4.98 Å². The highest BCUT2D eigenvalue weighted by Crippen LogP contribution is 2.29. The molecule has 1 fully saturated rings. The Morgan fingerprint density at radius 1 is 0.818 bits per heavy atom. The molecule has 1 saturated heterocycles. The van der Waals surface area contributed by atoms with Gasteiger partial charge in [0.25, 0.3) is 0 Å². The number of hydrogen-bond acceptors (Lipinski definition) is 7. The van der Waals surface area contributed by atoms with Gasteiger partial charge in [0.1, 0.15) is 23.1 Å². The first-order valence-corrected chi connectivity index (χ1v) is 10.8. The highest BCUT2D eigenvalue weighted by molar-refractivity contribution is 5.69. The molecule has 7 nitrogen and oxygen atoms in total. The van der Waals surface area contributed by atoms with Gasteiger partial charge < -0.3 is 24.8 Å². The molecule has 0 atom stereocenters. The Bertz CT molecular complexity index is 1230. The number of phenolic OH excluding ortho intramolecular Hbond substituents is 1. The molecule has 1 aliphatic heterocycles. The molecule has 2 heterocycles. The Morgan fingerprint density at radius 2 is 1.61 bits per heavy atom. The van der Waals surface area contributed by atoms with E-state index in [0.29, 0.717) is 25.0 Å². The van der Waals surface area contributed by atoms with Crippen LogP contribution in [0.4, 0.5) is 17.5 Å². The molecule has 0 bridgehead atoms. The van der Waals surface area contributed by atoms with Gasteiger partial charge in [-0.2, -0.15) is 4.98 Å². The third kappa shape index (κ3) is 5.22. The molecule has 33 heavy (non-hydrogen) atoms. The summed E-state index contributed by atoms with van der Waals surface area (Å²) in [6.07, 6.45) is 0. The number of hydrogen-bond donors (Lipinski definition) is 2. The number of aromatic nitrogens is 2. The zero-order valence-electron chi connectivity index (χ0n) is 18.0. The minimum Gasteiger partial charge on any atom is -0.508 e. The van der Waals surface area contributed by atoms with Crippen molar-refractivity contribution in [3.63, 3.8) is 0 Å². The maximum atomic E-state index is 9.95. The summed E-state index contributed by atoms with van der Waals surface area (Å²) in [4.78, 5) is 11.6. The molecular weight excluding hydrogens is 416 g/mol. The number of nitrogens with one attached hydrogen (secondary N) is 1. The number of phenols is 1. The van der Waals surface area contributed by atoms with Gasteiger partial charge in [-0.3, -0.25) is 0 Å². The van der Waals surface area contributed by atoms with Crippen LogP contribution in [0.5, 0.6) is 17.2 Å². The minimum atomic E-state index is 0.194. The molecule has 166 valence electrons. The Morgan fingerprint density at radius 3 is 2.42 bits per heavy atom. The lowest BCUT2D eigenvalue weighted by atomic mass is 10.1. The van der Waals surface area contributed by atoms with Gasteiger partial charge in [-0.05, 0) is 36.4 Å². The summed E-state index contributed by atoms with van der Waals surface area (Å²) in [5.74, 6) is 2.97. The normalized spacial score (nSPS) is 13.5. The molecule has 1 aromatic heterocycles. The average molecular weight is 441 g/mol. The number of ether oxygens (including phenoxy) is 2. The van der Waals surface area contributed by atoms with E-state index in [0.717, 1.165) is 41.5 Å². The molecule has 1 aliphatic rings. The third-order valence-electron chi connectivity index (χ3n) is 5.24. The summed E-state index contributed by atoms with van der Waals surface area (Å²) < 4.78 is 11.4. The van der Waals surface area contributed by atoms with Crippen molar-refractivity contribution >= 4 is 17.5 Å². The van der Waals surface area contributed by atoms with Gasteiger partial charge in [0, 0.05) is 36.5 Å². The second-order valence-corrected chi connectivity index (χ2v) is 7.66. The van der Waals surface area contributed by atoms with E-state index in [1.807, 2.05) is 66.7 Å². The lowest BCUT2D eigenvalue weighted by molar-refractivity contribution is 0.122. The van der Waals surface area contributed by atoms with Crippen molar-refractivity contribution in [3.05, 3.63) is 84.9 Å². The molecular formula is C26H24N4O3. The Balaban J connectivity index is 1.45. The molecule has 0 spiro atoms. The van der Waals surface area contributed by atoms with Crippen LogP contribution in [0.15, 0.2) is 84.9 Å². The van der Waals surface area contributed by atoms with Crippen LogP contribution in [-0.4, -0.2) is 41.4 Å². The fourth-order valence-electron chi connectivity index (χ4n) is 3.63. The van der Waals surface area contributed by atoms with Gasteiger partial charge in [-0.1, -0.05) is 36.4 Å². The van der Waals surface area contributed by atoms with E-state index in [2.05, 4.69) is 10.2 Å². The molecule has 7 heteroatoms. The van der Waals surface area contributed by atoms with Crippen LogP contribution in [0.2, 0.25) is 0 Å². The lowest BCUT2D eigenvalue weighted by Gasteiger charge is -2.27. The monoisotopic (exact) mass is 440 g/mol. The van der Waals surface area contributed by atoms with Crippen molar-refractivity contribution in [3.8, 4) is 28.5 Å². The van der Waals surface area contributed by atoms with Crippen molar-refractivity contribution < 1.29 is 14.6 Å². The summed E-state index contributed by atoms with van der Waals surface area (Å²) in [7, 11) is 0. The topological polar surface area (TPSA) is 79.7 Å². The number of para-hydroxylation sites is 1. The van der Waals surface area contributed by atoms with E-state index < -0.39 is 0 Å². The highest BCUT2D eigenvalue weighted by atomic mass is 16.5. The number of nitrogens with zero attached hydrogens (tertiary/aromatic N) is 3. The summed E-state index contributed by atoms with van der Waals surface area (Å²) in [6, 6.07) is 26.3. The summed E-state index contributed by atoms with van der Waals surface area (Å²) in [5, 5.41) is 13.3. The predicted octanol–water partition coefficient (Wildman–Crippen LogP) is 5.22. The van der Waals surface area contributed by atoms with Gasteiger partial charge >= 0.3 is 0 Å². The molecule has 0 amide bonds. The van der Waals surface area contributed by atoms with Crippen LogP contribution in [0.1, 0.15) is 0 Å². The Kier molecular flexibility index (Phi) is 6.04. The van der Waals surface area contributed by atoms with E-state index in [4.69, 9.17) is 19.4 Å². The standard InChI is InChI=1S/C26H24N4O3/c31-21-8-4-6-19(16-21)24-18-25(29-26(28-24)30-12-14-32-15-13-30)27-20-7-5-11-23(17-20)33-22-9-2-1-3-10-22/h1-11,16-18,31H,12-15H2,(H,27,28,29). The second-order valence-electron chi connectivity index (χ2n) is 7.66. The zero-order valence-corrected chi connectivity index (χ0v) is 18.0. The van der Waals surface area contributed by atoms with Crippen LogP contribution in [0, 0.1) is 0 Å². The fourth-order valence-corrected chi connectivity index (χ4v) is 3.63. The second kappa shape index (κ2) is 9.58. The minimum absolute atomic E-state index is 0.194. The molecule has 4 aromatic rings. The Labute approximate surface area is 192 Å². The van der Waals surface area contributed by atoms with Crippen molar-refractivity contribution in [2.75, 3.05) is 36.5 Å². The molecule has 0 aliphatic carbocycles. The molecule has 3 aromatic carbocycles. The molecule has 0 saturated carbocycles. The number of aromatic hydroxyl groups is 1. The van der Waals surface area contributed by atoms with Crippen molar-refractivity contribution in [1.29, 1.82) is 0 Å². The van der Waals surface area contributed by atoms with Gasteiger partial charge in [-0.15, -0.1) is 0 Å². The van der Waals surface area contributed by atoms with Gasteiger partial charge in [0.15, 0.2) is 0 Å². The van der Waals surface area contributed by atoms with E-state index in [-0.39, 0.29) is 5.75 Å². The number of benzene rings is 3. The van der Waals surface area contributed by atoms with E-state index >= 15 is 0 Å². The van der Waals surface area contributed by atoms with Crippen LogP contribution >= 0.6 is 0 Å². The average Bonchev–Trinajstić information content (AvgIpc) is 2.85. The number of anilines is 3.